The van der Waals surface area contributed by atoms with Crippen LogP contribution >= 0.6 is 7.82 Å². The fraction of sp³-hybridized carbons (Fsp3) is 0.718. The Morgan fingerprint density at radius 3 is 1.21 bits per heavy atom. The number of unbranched alkanes of at least 4 members (excludes halogenated alkanes) is 27. The van der Waals surface area contributed by atoms with E-state index in [1.807, 2.05) is 33.3 Å². The zero-order valence-electron chi connectivity index (χ0n) is 53.2. The lowest BCUT2D eigenvalue weighted by Gasteiger charge is -2.30. The number of likely N-dealkylation sites (N-methyl/N-ethyl adjacent to an activating group) is 1. The molecule has 0 radical (unpaired) electrons. The minimum absolute atomic E-state index is 0.0320. The first kappa shape index (κ1) is 77.7. The maximum Gasteiger partial charge on any atom is 0.306 e. The maximum absolute atomic E-state index is 13.6. The van der Waals surface area contributed by atoms with Crippen molar-refractivity contribution in [3.63, 3.8) is 0 Å². The van der Waals surface area contributed by atoms with Crippen LogP contribution in [0.4, 0.5) is 0 Å². The third-order valence-electron chi connectivity index (χ3n) is 14.2. The first-order valence-electron chi connectivity index (χ1n) is 33.2. The summed E-state index contributed by atoms with van der Waals surface area (Å²) in [4.78, 5) is 40.1. The number of quaternary nitrogens is 1. The number of allylic oxidation sites excluding steroid dienone is 17. The normalized spacial score (nSPS) is 14.3. The second kappa shape index (κ2) is 59.8. The third-order valence-corrected chi connectivity index (χ3v) is 15.2. The van der Waals surface area contributed by atoms with Crippen LogP contribution in [0.25, 0.3) is 0 Å². The molecule has 0 bridgehead atoms. The molecule has 0 aliphatic rings. The number of phosphoric acid groups is 1. The van der Waals surface area contributed by atoms with Crippen molar-refractivity contribution >= 4 is 19.7 Å². The number of nitrogens with one attached hydrogen (secondary N) is 1. The standard InChI is InChI=1S/C71H125N2O7P/c1-7-10-13-16-19-22-25-28-30-32-33-34-35-36-37-38-39-41-42-45-48-51-54-57-60-63-70(74)72-68(67-79-81(76,77)78-66-65-73(4,5)6)69(62-59-56-53-50-47-44-27-24-21-18-15-12-9-3)80-71(75)64-61-58-55-52-49-46-43-40-31-29-26-23-20-17-14-11-8-2/h10,13,19-20,22-23,28-31,33-34,36-37,39,41,59,62,68-69H,7-9,11-12,14-18,21,24-27,32,35,38,40,42-58,60-61,63-67H2,1-6H3,(H-,72,74,76,77)/b13-10-,22-19-,23-20-,30-28-,31-29-,34-33-,37-36-,41-39-,62-59-. The van der Waals surface area contributed by atoms with Crippen molar-refractivity contribution in [1.82, 2.24) is 5.32 Å². The Balaban J connectivity index is 5.24. The third kappa shape index (κ3) is 61.1. The summed E-state index contributed by atoms with van der Waals surface area (Å²) in [7, 11) is 1.16. The summed E-state index contributed by atoms with van der Waals surface area (Å²) in [5, 5.41) is 3.03. The highest BCUT2D eigenvalue weighted by Gasteiger charge is 2.27. The molecule has 1 amide bonds. The van der Waals surface area contributed by atoms with E-state index in [0.29, 0.717) is 30.3 Å². The predicted octanol–water partition coefficient (Wildman–Crippen LogP) is 20.3. The van der Waals surface area contributed by atoms with Gasteiger partial charge in [0.05, 0.1) is 33.8 Å². The van der Waals surface area contributed by atoms with Gasteiger partial charge in [0.15, 0.2) is 0 Å². The molecule has 0 spiro atoms. The molecule has 0 saturated carbocycles. The number of rotatable bonds is 59. The van der Waals surface area contributed by atoms with Gasteiger partial charge in [0, 0.05) is 12.8 Å². The van der Waals surface area contributed by atoms with E-state index >= 15 is 0 Å². The average Bonchev–Trinajstić information content (AvgIpc) is 3.44. The lowest BCUT2D eigenvalue weighted by Crippen LogP contribution is -2.47. The predicted molar refractivity (Wildman–Crippen MR) is 348 cm³/mol. The maximum atomic E-state index is 13.6. The number of nitrogens with zero attached hydrogens (tertiary/aromatic N) is 1. The van der Waals surface area contributed by atoms with Crippen molar-refractivity contribution in [3.8, 4) is 0 Å². The minimum Gasteiger partial charge on any atom is -0.756 e. The van der Waals surface area contributed by atoms with Gasteiger partial charge in [-0.3, -0.25) is 14.2 Å². The molecule has 3 unspecified atom stereocenters. The van der Waals surface area contributed by atoms with Gasteiger partial charge in [0.2, 0.25) is 5.91 Å². The van der Waals surface area contributed by atoms with Crippen molar-refractivity contribution in [3.05, 3.63) is 109 Å². The van der Waals surface area contributed by atoms with E-state index in [2.05, 4.69) is 123 Å². The molecule has 3 atom stereocenters. The molecule has 0 aliphatic heterocycles. The van der Waals surface area contributed by atoms with Crippen LogP contribution in [0.15, 0.2) is 109 Å². The molecule has 9 nitrogen and oxygen atoms in total. The number of hydrogen-bond donors (Lipinski definition) is 1. The van der Waals surface area contributed by atoms with Gasteiger partial charge in [0.25, 0.3) is 7.82 Å². The molecule has 81 heavy (non-hydrogen) atoms. The van der Waals surface area contributed by atoms with Gasteiger partial charge >= 0.3 is 5.97 Å². The molecule has 0 aromatic rings. The van der Waals surface area contributed by atoms with Crippen LogP contribution in [0.1, 0.15) is 278 Å². The first-order valence-corrected chi connectivity index (χ1v) is 34.7. The highest BCUT2D eigenvalue weighted by atomic mass is 31.2. The smallest absolute Gasteiger partial charge is 0.306 e. The fourth-order valence-corrected chi connectivity index (χ4v) is 9.81. The van der Waals surface area contributed by atoms with Crippen LogP contribution in [0.3, 0.4) is 0 Å². The van der Waals surface area contributed by atoms with Gasteiger partial charge in [-0.05, 0) is 115 Å². The summed E-state index contributed by atoms with van der Waals surface area (Å²) in [6.07, 6.45) is 81.9. The first-order chi connectivity index (χ1) is 39.4. The largest absolute Gasteiger partial charge is 0.756 e. The van der Waals surface area contributed by atoms with Crippen molar-refractivity contribution in [2.45, 2.75) is 290 Å². The number of carbonyl (C=O) groups excluding carboxylic acids is 2. The summed E-state index contributed by atoms with van der Waals surface area (Å²) >= 11 is 0. The monoisotopic (exact) mass is 1150 g/mol. The van der Waals surface area contributed by atoms with Crippen LogP contribution in [0.2, 0.25) is 0 Å². The zero-order chi connectivity index (χ0) is 59.3. The van der Waals surface area contributed by atoms with E-state index in [0.717, 1.165) is 128 Å². The second-order valence-corrected chi connectivity index (χ2v) is 24.6. The van der Waals surface area contributed by atoms with Crippen LogP contribution < -0.4 is 10.2 Å². The zero-order valence-corrected chi connectivity index (χ0v) is 54.1. The lowest BCUT2D eigenvalue weighted by atomic mass is 10.0. The molecule has 0 saturated heterocycles. The Labute approximate surface area is 500 Å². The second-order valence-electron chi connectivity index (χ2n) is 23.2. The quantitative estimate of drug-likeness (QED) is 0.0212. The lowest BCUT2D eigenvalue weighted by molar-refractivity contribution is -0.870. The summed E-state index contributed by atoms with van der Waals surface area (Å²) in [6, 6.07) is -0.907. The highest BCUT2D eigenvalue weighted by molar-refractivity contribution is 7.45. The minimum atomic E-state index is -4.72. The van der Waals surface area contributed by atoms with Crippen LogP contribution in [0.5, 0.6) is 0 Å². The van der Waals surface area contributed by atoms with E-state index in [1.165, 1.54) is 103 Å². The summed E-state index contributed by atoms with van der Waals surface area (Å²) < 4.78 is 30.4. The van der Waals surface area contributed by atoms with E-state index < -0.39 is 26.6 Å². The van der Waals surface area contributed by atoms with E-state index in [1.54, 1.807) is 0 Å². The van der Waals surface area contributed by atoms with E-state index in [-0.39, 0.29) is 24.9 Å². The fourth-order valence-electron chi connectivity index (χ4n) is 9.08. The Bertz CT molecular complexity index is 1750. The van der Waals surface area contributed by atoms with E-state index in [9.17, 15) is 19.0 Å². The summed E-state index contributed by atoms with van der Waals surface area (Å²) in [5.41, 5.74) is 0. The summed E-state index contributed by atoms with van der Waals surface area (Å²) in [5.74, 6) is -0.569. The van der Waals surface area contributed by atoms with Crippen molar-refractivity contribution < 1.29 is 37.3 Å². The summed E-state index contributed by atoms with van der Waals surface area (Å²) in [6.45, 7) is 6.69. The number of ether oxygens (including phenoxy) is 1. The molecule has 0 fully saturated rings. The van der Waals surface area contributed by atoms with Gasteiger partial charge < -0.3 is 28.5 Å². The SMILES string of the molecule is CC/C=C\C/C=C\C/C=C\C/C=C\C/C=C\C/C=C\CCCCCCCCC(=O)NC(COP(=O)([O-])OCC[N+](C)(C)C)C(/C=C\CCCCCCCCCCCCC)OC(=O)CCCCCCCCC/C=C\C/C=C\CCCCC. The van der Waals surface area contributed by atoms with Gasteiger partial charge in [-0.1, -0.05) is 259 Å². The molecule has 0 aromatic carbocycles. The van der Waals surface area contributed by atoms with Crippen LogP contribution in [0, 0.1) is 0 Å². The molecule has 0 aromatic heterocycles. The van der Waals surface area contributed by atoms with E-state index in [4.69, 9.17) is 13.8 Å². The number of esters is 1. The molecule has 0 rings (SSSR count). The Morgan fingerprint density at radius 2 is 0.790 bits per heavy atom. The molecule has 466 valence electrons. The Kier molecular flexibility index (Phi) is 57.4. The molecular formula is C71H125N2O7P. The van der Waals surface area contributed by atoms with Gasteiger partial charge in [-0.15, -0.1) is 0 Å². The van der Waals surface area contributed by atoms with Gasteiger partial charge in [-0.25, -0.2) is 0 Å². The number of carbonyl (C=O) groups is 2. The molecular weight excluding hydrogens is 1020 g/mol. The van der Waals surface area contributed by atoms with Gasteiger partial charge in [-0.2, -0.15) is 0 Å². The molecule has 0 aliphatic carbocycles. The average molecular weight is 1150 g/mol. The van der Waals surface area contributed by atoms with Crippen molar-refractivity contribution in [1.29, 1.82) is 0 Å². The van der Waals surface area contributed by atoms with Crippen LogP contribution in [-0.2, 0) is 27.9 Å². The molecule has 1 N–H and O–H groups in total. The Hall–Kier alpha value is -3.33. The Morgan fingerprint density at radius 1 is 0.444 bits per heavy atom. The highest BCUT2D eigenvalue weighted by Crippen LogP contribution is 2.38. The van der Waals surface area contributed by atoms with Gasteiger partial charge in [0.1, 0.15) is 19.3 Å². The van der Waals surface area contributed by atoms with Crippen LogP contribution in [-0.4, -0.2) is 69.4 Å². The number of hydrogen-bond acceptors (Lipinski definition) is 7. The number of phosphoric ester groups is 1. The molecule has 10 heteroatoms. The molecule has 0 heterocycles. The topological polar surface area (TPSA) is 114 Å². The number of amides is 1. The van der Waals surface area contributed by atoms with Crippen molar-refractivity contribution in [2.75, 3.05) is 40.9 Å². The van der Waals surface area contributed by atoms with Crippen molar-refractivity contribution in [2.24, 2.45) is 0 Å².